The zero-order valence-electron chi connectivity index (χ0n) is 7.74. The number of thiophene rings is 1. The highest BCUT2D eigenvalue weighted by molar-refractivity contribution is 9.10. The van der Waals surface area contributed by atoms with Crippen LogP contribution in [0.1, 0.15) is 15.9 Å². The fraction of sp³-hybridized carbons (Fsp3) is 0.111. The van der Waals surface area contributed by atoms with Crippen LogP contribution < -0.4 is 0 Å². The lowest BCUT2D eigenvalue weighted by atomic mass is 10.2. The first kappa shape index (κ1) is 10.4. The lowest BCUT2D eigenvalue weighted by Crippen LogP contribution is -1.96. The van der Waals surface area contributed by atoms with Crippen LogP contribution in [0, 0.1) is 6.92 Å². The highest BCUT2D eigenvalue weighted by Crippen LogP contribution is 2.36. The van der Waals surface area contributed by atoms with E-state index in [0.717, 1.165) is 14.9 Å². The molecule has 0 radical (unpaired) electrons. The lowest BCUT2D eigenvalue weighted by molar-refractivity contribution is 0.0698. The molecule has 0 aliphatic heterocycles. The second-order valence-corrected chi connectivity index (χ2v) is 4.70. The molecule has 2 N–H and O–H groups in total. The summed E-state index contributed by atoms with van der Waals surface area (Å²) in [6.45, 7) is 1.96. The molecular weight excluding hydrogens is 280 g/mol. The first-order valence-electron chi connectivity index (χ1n) is 4.12. The van der Waals surface area contributed by atoms with E-state index in [0.29, 0.717) is 5.69 Å². The average Bonchev–Trinajstić information content (AvgIpc) is 2.75. The van der Waals surface area contributed by atoms with Gasteiger partial charge in [-0.25, -0.2) is 4.79 Å². The molecule has 2 heterocycles. The smallest absolute Gasteiger partial charge is 0.339 e. The van der Waals surface area contributed by atoms with E-state index < -0.39 is 5.97 Å². The summed E-state index contributed by atoms with van der Waals surface area (Å²) in [5.74, 6) is -0.975. The van der Waals surface area contributed by atoms with Crippen LogP contribution in [0.4, 0.5) is 0 Å². The molecule has 2 rings (SSSR count). The molecule has 6 heteroatoms. The first-order chi connectivity index (χ1) is 7.11. The summed E-state index contributed by atoms with van der Waals surface area (Å²) in [6.07, 6.45) is 1.32. The molecule has 0 aliphatic rings. The molecule has 0 amide bonds. The van der Waals surface area contributed by atoms with Crippen molar-refractivity contribution in [1.29, 1.82) is 0 Å². The normalized spacial score (nSPS) is 10.5. The number of carbonyl (C=O) groups is 1. The number of hydrogen-bond acceptors (Lipinski definition) is 3. The van der Waals surface area contributed by atoms with Gasteiger partial charge < -0.3 is 5.11 Å². The lowest BCUT2D eigenvalue weighted by Gasteiger charge is -1.97. The maximum absolute atomic E-state index is 10.9. The van der Waals surface area contributed by atoms with E-state index in [2.05, 4.69) is 26.1 Å². The Balaban J connectivity index is 2.59. The van der Waals surface area contributed by atoms with E-state index in [4.69, 9.17) is 5.11 Å². The maximum Gasteiger partial charge on any atom is 0.339 e. The van der Waals surface area contributed by atoms with Gasteiger partial charge in [-0.3, -0.25) is 5.10 Å². The van der Waals surface area contributed by atoms with Crippen LogP contribution in [0.2, 0.25) is 0 Å². The predicted octanol–water partition coefficient (Wildman–Crippen LogP) is 2.91. The van der Waals surface area contributed by atoms with Crippen molar-refractivity contribution in [3.63, 3.8) is 0 Å². The molecule has 0 unspecified atom stereocenters. The van der Waals surface area contributed by atoms with Crippen molar-refractivity contribution in [3.05, 3.63) is 27.2 Å². The van der Waals surface area contributed by atoms with Crippen molar-refractivity contribution in [2.24, 2.45) is 0 Å². The third-order valence-corrected chi connectivity index (χ3v) is 4.40. The summed E-state index contributed by atoms with van der Waals surface area (Å²) in [5, 5.41) is 17.4. The van der Waals surface area contributed by atoms with Crippen molar-refractivity contribution in [2.75, 3.05) is 0 Å². The monoisotopic (exact) mass is 286 g/mol. The summed E-state index contributed by atoms with van der Waals surface area (Å²) in [6, 6.07) is 0. The molecule has 0 saturated heterocycles. The van der Waals surface area contributed by atoms with Gasteiger partial charge >= 0.3 is 5.97 Å². The van der Waals surface area contributed by atoms with Crippen LogP contribution in [0.3, 0.4) is 0 Å². The van der Waals surface area contributed by atoms with Crippen LogP contribution in [0.5, 0.6) is 0 Å². The average molecular weight is 287 g/mol. The van der Waals surface area contributed by atoms with Crippen LogP contribution in [0.25, 0.3) is 10.6 Å². The number of H-pyrrole nitrogens is 1. The number of nitrogens with zero attached hydrogens (tertiary/aromatic N) is 1. The maximum atomic E-state index is 10.9. The van der Waals surface area contributed by atoms with Gasteiger partial charge in [0.1, 0.15) is 5.56 Å². The molecule has 2 aromatic rings. The summed E-state index contributed by atoms with van der Waals surface area (Å²) < 4.78 is 0.916. The molecule has 0 atom stereocenters. The molecule has 0 aliphatic carbocycles. The number of nitrogens with one attached hydrogen (secondary N) is 1. The van der Waals surface area contributed by atoms with E-state index in [1.807, 2.05) is 12.3 Å². The fourth-order valence-corrected chi connectivity index (χ4v) is 2.91. The minimum Gasteiger partial charge on any atom is -0.478 e. The Morgan fingerprint density at radius 2 is 2.40 bits per heavy atom. The molecule has 0 fully saturated rings. The highest BCUT2D eigenvalue weighted by atomic mass is 79.9. The van der Waals surface area contributed by atoms with Gasteiger partial charge in [0.15, 0.2) is 0 Å². The molecule has 15 heavy (non-hydrogen) atoms. The minimum absolute atomic E-state index is 0.192. The van der Waals surface area contributed by atoms with Gasteiger partial charge in [0, 0.05) is 4.47 Å². The van der Waals surface area contributed by atoms with Gasteiger partial charge in [-0.1, -0.05) is 0 Å². The quantitative estimate of drug-likeness (QED) is 0.892. The predicted molar refractivity (Wildman–Crippen MR) is 61.3 cm³/mol. The van der Waals surface area contributed by atoms with E-state index in [-0.39, 0.29) is 5.56 Å². The SMILES string of the molecule is Cc1csc(-c2[nH]ncc2C(=O)O)c1Br. The Bertz CT molecular complexity index is 518. The number of aromatic amines is 1. The summed E-state index contributed by atoms with van der Waals surface area (Å²) >= 11 is 4.91. The van der Waals surface area contributed by atoms with Crippen molar-refractivity contribution >= 4 is 33.2 Å². The number of rotatable bonds is 2. The molecular formula is C9H7BrN2O2S. The van der Waals surface area contributed by atoms with Crippen molar-refractivity contribution in [1.82, 2.24) is 10.2 Å². The van der Waals surface area contributed by atoms with Gasteiger partial charge in [-0.05, 0) is 33.8 Å². The number of aromatic nitrogens is 2. The minimum atomic E-state index is -0.975. The van der Waals surface area contributed by atoms with E-state index in [1.165, 1.54) is 17.5 Å². The molecule has 0 spiro atoms. The van der Waals surface area contributed by atoms with Crippen LogP contribution in [-0.2, 0) is 0 Å². The third kappa shape index (κ3) is 1.70. The van der Waals surface area contributed by atoms with Gasteiger partial charge in [0.05, 0.1) is 16.8 Å². The number of hydrogen-bond donors (Lipinski definition) is 2. The summed E-state index contributed by atoms with van der Waals surface area (Å²) in [4.78, 5) is 11.8. The second kappa shape index (κ2) is 3.79. The Morgan fingerprint density at radius 3 is 2.93 bits per heavy atom. The zero-order valence-corrected chi connectivity index (χ0v) is 10.1. The van der Waals surface area contributed by atoms with Gasteiger partial charge in [-0.15, -0.1) is 11.3 Å². The Hall–Kier alpha value is -1.14. The summed E-state index contributed by atoms with van der Waals surface area (Å²) in [5.41, 5.74) is 1.82. The molecule has 4 nitrogen and oxygen atoms in total. The fourth-order valence-electron chi connectivity index (χ4n) is 1.22. The van der Waals surface area contributed by atoms with Gasteiger partial charge in [-0.2, -0.15) is 5.10 Å². The van der Waals surface area contributed by atoms with Crippen LogP contribution in [0.15, 0.2) is 16.0 Å². The zero-order chi connectivity index (χ0) is 11.0. The van der Waals surface area contributed by atoms with Crippen LogP contribution >= 0.6 is 27.3 Å². The number of aromatic carboxylic acids is 1. The molecule has 78 valence electrons. The van der Waals surface area contributed by atoms with Crippen LogP contribution in [-0.4, -0.2) is 21.3 Å². The largest absolute Gasteiger partial charge is 0.478 e. The Morgan fingerprint density at radius 1 is 1.67 bits per heavy atom. The standard InChI is InChI=1S/C9H7BrN2O2S/c1-4-3-15-8(6(4)10)7-5(9(13)14)2-11-12-7/h2-3H,1H3,(H,11,12)(H,13,14). The van der Waals surface area contributed by atoms with E-state index >= 15 is 0 Å². The first-order valence-corrected chi connectivity index (χ1v) is 5.79. The Labute approximate surface area is 98.1 Å². The molecule has 2 aromatic heterocycles. The molecule has 0 saturated carbocycles. The summed E-state index contributed by atoms with van der Waals surface area (Å²) in [7, 11) is 0. The Kier molecular flexibility index (Phi) is 2.62. The van der Waals surface area contributed by atoms with Gasteiger partial charge in [0.25, 0.3) is 0 Å². The molecule has 0 bridgehead atoms. The number of carboxylic acid groups (broad SMARTS) is 1. The highest BCUT2D eigenvalue weighted by Gasteiger charge is 2.18. The number of halogens is 1. The van der Waals surface area contributed by atoms with Crippen molar-refractivity contribution in [2.45, 2.75) is 6.92 Å². The van der Waals surface area contributed by atoms with Crippen molar-refractivity contribution < 1.29 is 9.90 Å². The third-order valence-electron chi connectivity index (χ3n) is 2.00. The second-order valence-electron chi connectivity index (χ2n) is 3.03. The number of carboxylic acids is 1. The van der Waals surface area contributed by atoms with Crippen molar-refractivity contribution in [3.8, 4) is 10.6 Å². The molecule has 0 aromatic carbocycles. The topological polar surface area (TPSA) is 66.0 Å². The van der Waals surface area contributed by atoms with Gasteiger partial charge in [0.2, 0.25) is 0 Å². The number of aryl methyl sites for hydroxylation is 1. The van der Waals surface area contributed by atoms with E-state index in [9.17, 15) is 4.79 Å². The van der Waals surface area contributed by atoms with E-state index in [1.54, 1.807) is 0 Å².